The molecule has 1 aromatic carbocycles. The first-order chi connectivity index (χ1) is 12.6. The molecule has 5 nitrogen and oxygen atoms in total. The van der Waals surface area contributed by atoms with Crippen molar-refractivity contribution in [3.63, 3.8) is 0 Å². The van der Waals surface area contributed by atoms with Crippen LogP contribution in [-0.4, -0.2) is 57.3 Å². The molecule has 26 heavy (non-hydrogen) atoms. The number of benzene rings is 1. The van der Waals surface area contributed by atoms with Gasteiger partial charge in [-0.25, -0.2) is 4.98 Å². The van der Waals surface area contributed by atoms with Gasteiger partial charge in [-0.1, -0.05) is 30.3 Å². The maximum absolute atomic E-state index is 12.8. The van der Waals surface area contributed by atoms with Crippen LogP contribution in [-0.2, 0) is 0 Å². The molecule has 134 valence electrons. The zero-order chi connectivity index (χ0) is 18.1. The van der Waals surface area contributed by atoms with Gasteiger partial charge < -0.3 is 9.30 Å². The Bertz CT molecular complexity index is 908. The highest BCUT2D eigenvalue weighted by Crippen LogP contribution is 2.20. The van der Waals surface area contributed by atoms with Crippen molar-refractivity contribution in [1.29, 1.82) is 0 Å². The third-order valence-corrected chi connectivity index (χ3v) is 5.11. The molecule has 1 amide bonds. The van der Waals surface area contributed by atoms with E-state index in [9.17, 15) is 4.79 Å². The molecule has 0 saturated carbocycles. The lowest BCUT2D eigenvalue weighted by Gasteiger charge is -2.36. The number of hydrogen-bond donors (Lipinski definition) is 0. The van der Waals surface area contributed by atoms with Gasteiger partial charge >= 0.3 is 0 Å². The van der Waals surface area contributed by atoms with E-state index in [-0.39, 0.29) is 5.91 Å². The van der Waals surface area contributed by atoms with E-state index < -0.39 is 0 Å². The smallest absolute Gasteiger partial charge is 0.274 e. The van der Waals surface area contributed by atoms with E-state index in [2.05, 4.69) is 35.9 Å². The number of rotatable bonds is 3. The van der Waals surface area contributed by atoms with E-state index in [1.165, 1.54) is 0 Å². The zero-order valence-corrected chi connectivity index (χ0v) is 15.3. The molecule has 2 aromatic heterocycles. The average molecular weight is 348 g/mol. The SMILES string of the molecule is CC(C)N1CCN(C(=O)c2cn3cc(-c4ccccc4)ccc3n2)CC1. The molecule has 3 aromatic rings. The second kappa shape index (κ2) is 6.92. The summed E-state index contributed by atoms with van der Waals surface area (Å²) in [5.41, 5.74) is 3.59. The van der Waals surface area contributed by atoms with Gasteiger partial charge in [-0.2, -0.15) is 0 Å². The van der Waals surface area contributed by atoms with E-state index in [1.807, 2.05) is 52.0 Å². The summed E-state index contributed by atoms with van der Waals surface area (Å²) in [4.78, 5) is 21.7. The number of amides is 1. The number of carbonyl (C=O) groups is 1. The standard InChI is InChI=1S/C21H24N4O/c1-16(2)23-10-12-24(13-11-23)21(26)19-15-25-14-18(8-9-20(25)22-19)17-6-4-3-5-7-17/h3-9,14-16H,10-13H2,1-2H3. The molecule has 1 fully saturated rings. The van der Waals surface area contributed by atoms with Crippen molar-refractivity contribution in [2.75, 3.05) is 26.2 Å². The van der Waals surface area contributed by atoms with E-state index in [0.717, 1.165) is 43.0 Å². The van der Waals surface area contributed by atoms with Gasteiger partial charge in [0.25, 0.3) is 5.91 Å². The van der Waals surface area contributed by atoms with Gasteiger partial charge in [0.05, 0.1) is 0 Å². The van der Waals surface area contributed by atoms with Crippen LogP contribution in [0.2, 0.25) is 0 Å². The minimum absolute atomic E-state index is 0.0263. The quantitative estimate of drug-likeness (QED) is 0.730. The predicted molar refractivity (Wildman–Crippen MR) is 103 cm³/mol. The van der Waals surface area contributed by atoms with Crippen molar-refractivity contribution in [2.45, 2.75) is 19.9 Å². The summed E-state index contributed by atoms with van der Waals surface area (Å²) in [7, 11) is 0. The van der Waals surface area contributed by atoms with Crippen molar-refractivity contribution in [3.05, 3.63) is 60.6 Å². The maximum Gasteiger partial charge on any atom is 0.274 e. The third-order valence-electron chi connectivity index (χ3n) is 5.11. The summed E-state index contributed by atoms with van der Waals surface area (Å²) >= 11 is 0. The van der Waals surface area contributed by atoms with E-state index in [0.29, 0.717) is 11.7 Å². The van der Waals surface area contributed by atoms with E-state index in [1.54, 1.807) is 0 Å². The van der Waals surface area contributed by atoms with Crippen LogP contribution in [0.4, 0.5) is 0 Å². The topological polar surface area (TPSA) is 40.9 Å². The summed E-state index contributed by atoms with van der Waals surface area (Å²) in [5.74, 6) is 0.0263. The number of nitrogens with zero attached hydrogens (tertiary/aromatic N) is 4. The summed E-state index contributed by atoms with van der Waals surface area (Å²) < 4.78 is 1.94. The van der Waals surface area contributed by atoms with Crippen LogP contribution in [0.15, 0.2) is 54.9 Å². The third kappa shape index (κ3) is 3.22. The maximum atomic E-state index is 12.8. The monoisotopic (exact) mass is 348 g/mol. The van der Waals surface area contributed by atoms with Crippen LogP contribution in [0.25, 0.3) is 16.8 Å². The highest BCUT2D eigenvalue weighted by molar-refractivity contribution is 5.93. The first kappa shape index (κ1) is 16.8. The van der Waals surface area contributed by atoms with E-state index >= 15 is 0 Å². The largest absolute Gasteiger partial charge is 0.335 e. The number of piperazine rings is 1. The molecule has 3 heterocycles. The van der Waals surface area contributed by atoms with Crippen molar-refractivity contribution in [2.24, 2.45) is 0 Å². The molecule has 1 aliphatic heterocycles. The van der Waals surface area contributed by atoms with Crippen LogP contribution < -0.4 is 0 Å². The van der Waals surface area contributed by atoms with E-state index in [4.69, 9.17) is 0 Å². The van der Waals surface area contributed by atoms with Gasteiger partial charge in [-0.05, 0) is 37.1 Å². The first-order valence-electron chi connectivity index (χ1n) is 9.19. The van der Waals surface area contributed by atoms with Crippen molar-refractivity contribution >= 4 is 11.6 Å². The number of hydrogen-bond acceptors (Lipinski definition) is 3. The van der Waals surface area contributed by atoms with Crippen LogP contribution in [0.3, 0.4) is 0 Å². The number of fused-ring (bicyclic) bond motifs is 1. The fourth-order valence-corrected chi connectivity index (χ4v) is 3.50. The lowest BCUT2D eigenvalue weighted by atomic mass is 10.1. The van der Waals surface area contributed by atoms with Crippen LogP contribution in [0.5, 0.6) is 0 Å². The van der Waals surface area contributed by atoms with Crippen LogP contribution >= 0.6 is 0 Å². The second-order valence-electron chi connectivity index (χ2n) is 7.10. The van der Waals surface area contributed by atoms with Gasteiger partial charge in [-0.3, -0.25) is 9.69 Å². The van der Waals surface area contributed by atoms with Crippen LogP contribution in [0, 0.1) is 0 Å². The second-order valence-corrected chi connectivity index (χ2v) is 7.10. The van der Waals surface area contributed by atoms with Gasteiger partial charge in [0.1, 0.15) is 11.3 Å². The van der Waals surface area contributed by atoms with Crippen LogP contribution in [0.1, 0.15) is 24.3 Å². The van der Waals surface area contributed by atoms with Gasteiger partial charge in [0, 0.05) is 44.6 Å². The number of aromatic nitrogens is 2. The molecule has 5 heteroatoms. The normalized spacial score (nSPS) is 15.7. The molecular formula is C21H24N4O. The lowest BCUT2D eigenvalue weighted by Crippen LogP contribution is -2.50. The Morgan fingerprint density at radius 1 is 0.923 bits per heavy atom. The fraction of sp³-hybridized carbons (Fsp3) is 0.333. The summed E-state index contributed by atoms with van der Waals surface area (Å²) in [6.07, 6.45) is 3.88. The Morgan fingerprint density at radius 2 is 1.65 bits per heavy atom. The number of carbonyl (C=O) groups excluding carboxylic acids is 1. The molecule has 0 radical (unpaired) electrons. The lowest BCUT2D eigenvalue weighted by molar-refractivity contribution is 0.0590. The Kier molecular flexibility index (Phi) is 4.47. The molecule has 0 N–H and O–H groups in total. The first-order valence-corrected chi connectivity index (χ1v) is 9.19. The molecule has 0 spiro atoms. The van der Waals surface area contributed by atoms with Gasteiger partial charge in [-0.15, -0.1) is 0 Å². The summed E-state index contributed by atoms with van der Waals surface area (Å²) in [6, 6.07) is 14.8. The molecule has 0 atom stereocenters. The Morgan fingerprint density at radius 3 is 2.35 bits per heavy atom. The molecule has 0 bridgehead atoms. The Hall–Kier alpha value is -2.66. The van der Waals surface area contributed by atoms with Crippen molar-refractivity contribution in [1.82, 2.24) is 19.2 Å². The van der Waals surface area contributed by atoms with Crippen molar-refractivity contribution in [3.8, 4) is 11.1 Å². The highest BCUT2D eigenvalue weighted by Gasteiger charge is 2.24. The number of pyridine rings is 1. The zero-order valence-electron chi connectivity index (χ0n) is 15.3. The highest BCUT2D eigenvalue weighted by atomic mass is 16.2. The summed E-state index contributed by atoms with van der Waals surface area (Å²) in [6.45, 7) is 7.78. The Labute approximate surface area is 153 Å². The molecule has 1 saturated heterocycles. The molecular weight excluding hydrogens is 324 g/mol. The minimum atomic E-state index is 0.0263. The summed E-state index contributed by atoms with van der Waals surface area (Å²) in [5, 5.41) is 0. The molecule has 0 unspecified atom stereocenters. The molecule has 4 rings (SSSR count). The van der Waals surface area contributed by atoms with Crippen molar-refractivity contribution < 1.29 is 4.79 Å². The predicted octanol–water partition coefficient (Wildman–Crippen LogP) is 3.17. The Balaban J connectivity index is 1.55. The average Bonchev–Trinajstić information content (AvgIpc) is 3.11. The molecule has 0 aliphatic carbocycles. The van der Waals surface area contributed by atoms with Gasteiger partial charge in [0.15, 0.2) is 0 Å². The minimum Gasteiger partial charge on any atom is -0.335 e. The van der Waals surface area contributed by atoms with Gasteiger partial charge in [0.2, 0.25) is 0 Å². The number of imidazole rings is 1. The molecule has 1 aliphatic rings. The fourth-order valence-electron chi connectivity index (χ4n) is 3.50.